The third-order valence-electron chi connectivity index (χ3n) is 9.18. The molecule has 10 nitrogen and oxygen atoms in total. The quantitative estimate of drug-likeness (QED) is 0.241. The highest BCUT2D eigenvalue weighted by atomic mass is 32.2. The van der Waals surface area contributed by atoms with Crippen LogP contribution in [-0.2, 0) is 48.7 Å². The summed E-state index contributed by atoms with van der Waals surface area (Å²) in [4.78, 5) is 42.5. The summed E-state index contributed by atoms with van der Waals surface area (Å²) in [6, 6.07) is 12.7. The fourth-order valence-electron chi connectivity index (χ4n) is 6.78. The molecule has 2 aromatic rings. The minimum absolute atomic E-state index is 0.0984. The van der Waals surface area contributed by atoms with E-state index in [1.54, 1.807) is 13.0 Å². The number of carbonyl (C=O) groups is 3. The van der Waals surface area contributed by atoms with Crippen molar-refractivity contribution in [3.8, 4) is 0 Å². The topological polar surface area (TPSA) is 130 Å². The van der Waals surface area contributed by atoms with E-state index in [4.69, 9.17) is 10.5 Å². The molecule has 0 fully saturated rings. The molecule has 1 unspecified atom stereocenters. The van der Waals surface area contributed by atoms with Crippen LogP contribution in [-0.4, -0.2) is 91.2 Å². The molecule has 0 radical (unpaired) electrons. The van der Waals surface area contributed by atoms with Crippen molar-refractivity contribution in [2.45, 2.75) is 68.3 Å². The fraction of sp³-hybridized carbons (Fsp3) is 0.441. The van der Waals surface area contributed by atoms with Gasteiger partial charge in [-0.05, 0) is 55.0 Å². The van der Waals surface area contributed by atoms with Gasteiger partial charge in [0.2, 0.25) is 10.0 Å². The van der Waals surface area contributed by atoms with Crippen molar-refractivity contribution in [3.63, 3.8) is 0 Å². The molecule has 2 N–H and O–H groups in total. The first-order valence-electron chi connectivity index (χ1n) is 15.7. The van der Waals surface area contributed by atoms with Crippen molar-refractivity contribution in [2.24, 2.45) is 5.73 Å². The van der Waals surface area contributed by atoms with Crippen LogP contribution in [0, 0.1) is 0 Å². The van der Waals surface area contributed by atoms with Crippen molar-refractivity contribution in [1.29, 1.82) is 0 Å². The Hall–Kier alpha value is -3.85. The summed E-state index contributed by atoms with van der Waals surface area (Å²) in [5.74, 6) is -3.91. The number of methoxy groups -OCH3 is 1. The first-order valence-corrected chi connectivity index (χ1v) is 17.1. The molecule has 0 bridgehead atoms. The van der Waals surface area contributed by atoms with Crippen LogP contribution in [0.5, 0.6) is 0 Å². The van der Waals surface area contributed by atoms with Crippen molar-refractivity contribution < 1.29 is 40.7 Å². The Labute approximate surface area is 278 Å². The van der Waals surface area contributed by atoms with Gasteiger partial charge in [0.1, 0.15) is 0 Å². The van der Waals surface area contributed by atoms with Crippen molar-refractivity contribution in [3.05, 3.63) is 88.5 Å². The number of halogens is 3. The van der Waals surface area contributed by atoms with Crippen LogP contribution in [0.25, 0.3) is 0 Å². The number of sulfonamides is 1. The predicted molar refractivity (Wildman–Crippen MR) is 171 cm³/mol. The van der Waals surface area contributed by atoms with Crippen LogP contribution in [0.15, 0.2) is 76.7 Å². The molecule has 0 saturated heterocycles. The van der Waals surface area contributed by atoms with E-state index in [0.29, 0.717) is 29.1 Å². The Morgan fingerprint density at radius 1 is 1.02 bits per heavy atom. The maximum absolute atomic E-state index is 14.4. The number of amides is 1. The molecule has 48 heavy (non-hydrogen) atoms. The number of nitrogens with two attached hydrogens (primary N) is 1. The average molecular weight is 689 g/mol. The van der Waals surface area contributed by atoms with E-state index in [-0.39, 0.29) is 42.8 Å². The number of rotatable bonds is 9. The summed E-state index contributed by atoms with van der Waals surface area (Å²) in [6.45, 7) is 2.77. The third kappa shape index (κ3) is 7.12. The SMILES string of the molecule is COC(=O)[C@@]1(C(=O)C(N)CC2=CCCN(Cc3ccccc3)C2)CC(C)=CCN1S(=O)(=O)c1ccc2c(c1)CN(C(=O)C(F)(F)F)CC2. The summed E-state index contributed by atoms with van der Waals surface area (Å²) >= 11 is 0. The Morgan fingerprint density at radius 3 is 2.44 bits per heavy atom. The van der Waals surface area contributed by atoms with Crippen LogP contribution in [0.4, 0.5) is 13.2 Å². The molecule has 5 rings (SSSR count). The van der Waals surface area contributed by atoms with Crippen molar-refractivity contribution in [2.75, 3.05) is 33.3 Å². The molecule has 258 valence electrons. The second-order valence-corrected chi connectivity index (χ2v) is 14.4. The number of benzene rings is 2. The Kier molecular flexibility index (Phi) is 10.3. The van der Waals surface area contributed by atoms with Gasteiger partial charge in [0, 0.05) is 45.7 Å². The Bertz CT molecular complexity index is 1740. The molecule has 0 saturated carbocycles. The number of Topliss-reactive ketones (excluding diaryl/α,β-unsaturated/α-hetero) is 1. The summed E-state index contributed by atoms with van der Waals surface area (Å²) < 4.78 is 74.0. The number of ether oxygens (including phenoxy) is 1. The average Bonchev–Trinajstić information content (AvgIpc) is 3.06. The monoisotopic (exact) mass is 688 g/mol. The maximum atomic E-state index is 14.4. The number of fused-ring (bicyclic) bond motifs is 1. The van der Waals surface area contributed by atoms with Gasteiger partial charge in [-0.15, -0.1) is 0 Å². The van der Waals surface area contributed by atoms with Crippen molar-refractivity contribution in [1.82, 2.24) is 14.1 Å². The molecule has 1 amide bonds. The van der Waals surface area contributed by atoms with E-state index in [1.165, 1.54) is 18.2 Å². The predicted octanol–water partition coefficient (Wildman–Crippen LogP) is 3.50. The van der Waals surface area contributed by atoms with E-state index < -0.39 is 52.0 Å². The lowest BCUT2D eigenvalue weighted by Crippen LogP contribution is -2.67. The second kappa shape index (κ2) is 13.9. The Balaban J connectivity index is 1.43. The first-order chi connectivity index (χ1) is 22.7. The number of hydrogen-bond acceptors (Lipinski definition) is 8. The van der Waals surface area contributed by atoms with Crippen LogP contribution in [0.1, 0.15) is 42.9 Å². The van der Waals surface area contributed by atoms with Gasteiger partial charge in [0.25, 0.3) is 0 Å². The molecule has 0 aromatic heterocycles. The zero-order valence-electron chi connectivity index (χ0n) is 26.8. The van der Waals surface area contributed by atoms with Gasteiger partial charge in [-0.2, -0.15) is 17.5 Å². The summed E-state index contributed by atoms with van der Waals surface area (Å²) in [6.07, 6.45) is -0.832. The van der Waals surface area contributed by atoms with Gasteiger partial charge >= 0.3 is 18.1 Å². The molecule has 3 heterocycles. The van der Waals surface area contributed by atoms with E-state index in [9.17, 15) is 36.0 Å². The second-order valence-electron chi connectivity index (χ2n) is 12.5. The van der Waals surface area contributed by atoms with Crippen LogP contribution < -0.4 is 5.73 Å². The van der Waals surface area contributed by atoms with Gasteiger partial charge in [-0.1, -0.05) is 59.7 Å². The molecule has 3 aliphatic rings. The van der Waals surface area contributed by atoms with E-state index in [1.807, 2.05) is 36.4 Å². The lowest BCUT2D eigenvalue weighted by molar-refractivity contribution is -0.186. The standard InChI is InChI=1S/C34H39F3N4O6S/c1-23-12-16-41(48(45,46)28-11-10-26-13-15-40(22-27(26)18-28)31(43)34(35,36)37)33(19-23,32(44)47-2)30(42)29(38)17-25-9-6-14-39(21-25)20-24-7-4-3-5-8-24/h3-5,7-12,18,29H,6,13-17,19-22,38H2,1-2H3/t29?,33-/m0/s1. The minimum atomic E-state index is -5.08. The van der Waals surface area contributed by atoms with Gasteiger partial charge < -0.3 is 15.4 Å². The first kappa shape index (κ1) is 35.5. The van der Waals surface area contributed by atoms with Crippen molar-refractivity contribution >= 4 is 27.7 Å². The zero-order chi connectivity index (χ0) is 34.9. The molecule has 0 spiro atoms. The van der Waals surface area contributed by atoms with E-state index in [2.05, 4.69) is 4.90 Å². The molecule has 3 aliphatic heterocycles. The number of esters is 1. The smallest absolute Gasteiger partial charge is 0.467 e. The minimum Gasteiger partial charge on any atom is -0.467 e. The number of hydrogen-bond donors (Lipinski definition) is 1. The zero-order valence-corrected chi connectivity index (χ0v) is 27.6. The summed E-state index contributed by atoms with van der Waals surface area (Å²) in [5.41, 5.74) is 7.64. The highest BCUT2D eigenvalue weighted by Gasteiger charge is 2.58. The van der Waals surface area contributed by atoms with Gasteiger partial charge in [-0.25, -0.2) is 13.2 Å². The highest BCUT2D eigenvalue weighted by Crippen LogP contribution is 2.38. The van der Waals surface area contributed by atoms with E-state index in [0.717, 1.165) is 35.5 Å². The largest absolute Gasteiger partial charge is 0.471 e. The third-order valence-corrected chi connectivity index (χ3v) is 11.1. The fourth-order valence-corrected chi connectivity index (χ4v) is 8.47. The van der Waals surface area contributed by atoms with E-state index >= 15 is 0 Å². The maximum Gasteiger partial charge on any atom is 0.471 e. The lowest BCUT2D eigenvalue weighted by Gasteiger charge is -2.43. The Morgan fingerprint density at radius 2 is 1.75 bits per heavy atom. The van der Waals surface area contributed by atoms with Gasteiger partial charge in [-0.3, -0.25) is 14.5 Å². The normalized spacial score (nSPS) is 21.5. The highest BCUT2D eigenvalue weighted by molar-refractivity contribution is 7.89. The summed E-state index contributed by atoms with van der Waals surface area (Å²) in [5, 5.41) is 0. The molecule has 14 heteroatoms. The van der Waals surface area contributed by atoms with Gasteiger partial charge in [0.15, 0.2) is 11.3 Å². The number of carbonyl (C=O) groups excluding carboxylic acids is 3. The van der Waals surface area contributed by atoms with Crippen LogP contribution in [0.3, 0.4) is 0 Å². The molecule has 0 aliphatic carbocycles. The summed E-state index contributed by atoms with van der Waals surface area (Å²) in [7, 11) is -3.57. The molecule has 2 aromatic carbocycles. The van der Waals surface area contributed by atoms with Crippen LogP contribution in [0.2, 0.25) is 0 Å². The van der Waals surface area contributed by atoms with Crippen LogP contribution >= 0.6 is 0 Å². The molecule has 2 atom stereocenters. The lowest BCUT2D eigenvalue weighted by atomic mass is 9.80. The number of ketones is 1. The molecular formula is C34H39F3N4O6S. The molecular weight excluding hydrogens is 649 g/mol. The number of alkyl halides is 3. The number of nitrogens with zero attached hydrogens (tertiary/aromatic N) is 3. The van der Waals surface area contributed by atoms with Gasteiger partial charge in [0.05, 0.1) is 18.0 Å².